The van der Waals surface area contributed by atoms with E-state index in [1.165, 1.54) is 0 Å². The largest absolute Gasteiger partial charge is 0.494 e. The molecule has 5 nitrogen and oxygen atoms in total. The van der Waals surface area contributed by atoms with E-state index in [1.54, 1.807) is 42.5 Å². The van der Waals surface area contributed by atoms with E-state index < -0.39 is 5.97 Å². The molecule has 2 aromatic rings. The van der Waals surface area contributed by atoms with Crippen molar-refractivity contribution in [3.8, 4) is 17.2 Å². The molecule has 0 fully saturated rings. The van der Waals surface area contributed by atoms with Crippen LogP contribution in [0.5, 0.6) is 17.2 Å². The molecule has 0 aromatic heterocycles. The van der Waals surface area contributed by atoms with Crippen molar-refractivity contribution < 1.29 is 23.7 Å². The zero-order chi connectivity index (χ0) is 22.4. The number of hydrogen-bond donors (Lipinski definition) is 0. The van der Waals surface area contributed by atoms with Gasteiger partial charge in [0.1, 0.15) is 17.2 Å². The van der Waals surface area contributed by atoms with Crippen LogP contribution in [-0.2, 0) is 4.74 Å². The fourth-order valence-corrected chi connectivity index (χ4v) is 3.34. The van der Waals surface area contributed by atoms with Gasteiger partial charge in [0.05, 0.1) is 25.4 Å². The number of allylic oxidation sites excluding steroid dienone is 2. The number of rotatable bonds is 13. The third kappa shape index (κ3) is 8.23. The summed E-state index contributed by atoms with van der Waals surface area (Å²) in [7, 11) is 0. The van der Waals surface area contributed by atoms with Crippen LogP contribution in [0.4, 0.5) is 0 Å². The lowest BCUT2D eigenvalue weighted by molar-refractivity contribution is 0.0734. The van der Waals surface area contributed by atoms with Gasteiger partial charge in [-0.25, -0.2) is 4.79 Å². The molecule has 2 aromatic carbocycles. The van der Waals surface area contributed by atoms with Crippen LogP contribution >= 0.6 is 0 Å². The minimum absolute atomic E-state index is 0.401. The minimum Gasteiger partial charge on any atom is -0.494 e. The summed E-state index contributed by atoms with van der Waals surface area (Å²) in [5.74, 6) is 2.15. The van der Waals surface area contributed by atoms with Gasteiger partial charge in [0, 0.05) is 6.61 Å². The van der Waals surface area contributed by atoms with Gasteiger partial charge >= 0.3 is 5.97 Å². The van der Waals surface area contributed by atoms with E-state index in [9.17, 15) is 4.79 Å². The van der Waals surface area contributed by atoms with Crippen LogP contribution in [0.15, 0.2) is 73.3 Å². The first-order chi connectivity index (χ1) is 15.7. The van der Waals surface area contributed by atoms with E-state index in [2.05, 4.69) is 18.7 Å². The van der Waals surface area contributed by atoms with Gasteiger partial charge in [0.15, 0.2) is 0 Å². The van der Waals surface area contributed by atoms with Gasteiger partial charge in [-0.15, -0.1) is 6.58 Å². The number of unbranched alkanes of at least 4 members (excludes halogenated alkanes) is 1. The van der Waals surface area contributed by atoms with E-state index in [4.69, 9.17) is 18.9 Å². The molecule has 170 valence electrons. The highest BCUT2D eigenvalue weighted by Gasteiger charge is 2.12. The molecule has 0 bridgehead atoms. The highest BCUT2D eigenvalue weighted by atomic mass is 16.5. The molecule has 0 heterocycles. The van der Waals surface area contributed by atoms with Crippen molar-refractivity contribution in [1.82, 2.24) is 0 Å². The first-order valence-corrected chi connectivity index (χ1v) is 11.3. The van der Waals surface area contributed by atoms with Gasteiger partial charge in [-0.3, -0.25) is 0 Å². The molecular weight excluding hydrogens is 404 g/mol. The number of carbonyl (C=O) groups is 1. The summed E-state index contributed by atoms with van der Waals surface area (Å²) in [5, 5.41) is 0. The summed E-state index contributed by atoms with van der Waals surface area (Å²) in [6, 6.07) is 14.2. The molecule has 0 saturated carbocycles. The molecule has 0 saturated heterocycles. The van der Waals surface area contributed by atoms with E-state index in [1.807, 2.05) is 12.1 Å². The molecule has 1 aliphatic rings. The zero-order valence-electron chi connectivity index (χ0n) is 18.5. The number of carbonyl (C=O) groups excluding carboxylic acids is 1. The van der Waals surface area contributed by atoms with Gasteiger partial charge in [-0.1, -0.05) is 18.2 Å². The fourth-order valence-electron chi connectivity index (χ4n) is 3.34. The third-order valence-corrected chi connectivity index (χ3v) is 5.18. The first kappa shape index (κ1) is 23.6. The van der Waals surface area contributed by atoms with E-state index in [-0.39, 0.29) is 0 Å². The molecule has 0 spiro atoms. The average molecular weight is 437 g/mol. The maximum atomic E-state index is 12.4. The van der Waals surface area contributed by atoms with Gasteiger partial charge in [0.2, 0.25) is 0 Å². The number of esters is 1. The van der Waals surface area contributed by atoms with Crippen molar-refractivity contribution in [2.45, 2.75) is 32.1 Å². The third-order valence-electron chi connectivity index (χ3n) is 5.18. The standard InChI is InChI=1S/C27H32O5/c1-2-18-29-19-6-7-20-30-24-14-16-26(17-15-24)32-27(28)23-10-12-25(13-11-23)31-21-22-8-4-3-5-9-22/h2-4,10-17,22H,1,5-9,18-21H2. The second kappa shape index (κ2) is 13.4. The van der Waals surface area contributed by atoms with Crippen LogP contribution in [0.3, 0.4) is 0 Å². The Kier molecular flexibility index (Phi) is 9.87. The van der Waals surface area contributed by atoms with Crippen molar-refractivity contribution in [2.24, 2.45) is 5.92 Å². The summed E-state index contributed by atoms with van der Waals surface area (Å²) in [6.45, 7) is 6.21. The van der Waals surface area contributed by atoms with Crippen molar-refractivity contribution in [2.75, 3.05) is 26.4 Å². The van der Waals surface area contributed by atoms with Crippen LogP contribution < -0.4 is 14.2 Å². The van der Waals surface area contributed by atoms with Gasteiger partial charge in [-0.05, 0) is 86.6 Å². The maximum Gasteiger partial charge on any atom is 0.343 e. The summed E-state index contributed by atoms with van der Waals surface area (Å²) < 4.78 is 22.4. The summed E-state index contributed by atoms with van der Waals surface area (Å²) >= 11 is 0. The second-order valence-corrected chi connectivity index (χ2v) is 7.77. The van der Waals surface area contributed by atoms with Crippen molar-refractivity contribution in [1.29, 1.82) is 0 Å². The molecule has 0 aliphatic heterocycles. The smallest absolute Gasteiger partial charge is 0.343 e. The van der Waals surface area contributed by atoms with E-state index in [0.717, 1.165) is 43.6 Å². The van der Waals surface area contributed by atoms with Crippen LogP contribution in [0.1, 0.15) is 42.5 Å². The Morgan fingerprint density at radius 3 is 2.31 bits per heavy atom. The lowest BCUT2D eigenvalue weighted by Gasteiger charge is -2.18. The molecule has 1 atom stereocenters. The average Bonchev–Trinajstić information content (AvgIpc) is 2.84. The zero-order valence-corrected chi connectivity index (χ0v) is 18.5. The van der Waals surface area contributed by atoms with E-state index in [0.29, 0.717) is 43.7 Å². The summed E-state index contributed by atoms with van der Waals surface area (Å²) in [4.78, 5) is 12.4. The predicted octanol–water partition coefficient (Wildman–Crippen LogP) is 6.00. The lowest BCUT2D eigenvalue weighted by Crippen LogP contribution is -2.13. The van der Waals surface area contributed by atoms with Crippen molar-refractivity contribution >= 4 is 5.97 Å². The lowest BCUT2D eigenvalue weighted by atomic mass is 9.95. The Labute approximate surface area is 190 Å². The molecule has 0 radical (unpaired) electrons. The van der Waals surface area contributed by atoms with Gasteiger partial charge in [0.25, 0.3) is 0 Å². The van der Waals surface area contributed by atoms with Crippen LogP contribution in [0.25, 0.3) is 0 Å². The number of ether oxygens (including phenoxy) is 4. The monoisotopic (exact) mass is 436 g/mol. The Morgan fingerprint density at radius 1 is 0.906 bits per heavy atom. The van der Waals surface area contributed by atoms with Crippen molar-refractivity contribution in [3.63, 3.8) is 0 Å². The van der Waals surface area contributed by atoms with Gasteiger partial charge < -0.3 is 18.9 Å². The van der Waals surface area contributed by atoms with Crippen molar-refractivity contribution in [3.05, 3.63) is 78.9 Å². The van der Waals surface area contributed by atoms with Gasteiger partial charge in [-0.2, -0.15) is 0 Å². The summed E-state index contributed by atoms with van der Waals surface area (Å²) in [5.41, 5.74) is 0.483. The minimum atomic E-state index is -0.401. The SMILES string of the molecule is C=CCOCCCCOc1ccc(OC(=O)c2ccc(OCC3CC=CCC3)cc2)cc1. The normalized spacial score (nSPS) is 15.2. The highest BCUT2D eigenvalue weighted by molar-refractivity contribution is 5.91. The predicted molar refractivity (Wildman–Crippen MR) is 126 cm³/mol. The molecule has 0 N–H and O–H groups in total. The molecular formula is C27H32O5. The van der Waals surface area contributed by atoms with Crippen LogP contribution in [0, 0.1) is 5.92 Å². The molecule has 0 amide bonds. The second-order valence-electron chi connectivity index (χ2n) is 7.77. The Bertz CT molecular complexity index is 855. The fraction of sp³-hybridized carbons (Fsp3) is 0.370. The number of benzene rings is 2. The topological polar surface area (TPSA) is 54.0 Å². The molecule has 1 unspecified atom stereocenters. The number of hydrogen-bond acceptors (Lipinski definition) is 5. The van der Waals surface area contributed by atoms with Crippen LogP contribution in [-0.4, -0.2) is 32.4 Å². The molecule has 32 heavy (non-hydrogen) atoms. The quantitative estimate of drug-likeness (QED) is 0.167. The van der Waals surface area contributed by atoms with E-state index >= 15 is 0 Å². The Hall–Kier alpha value is -3.05. The Balaban J connectivity index is 1.38. The Morgan fingerprint density at radius 2 is 1.59 bits per heavy atom. The molecule has 1 aliphatic carbocycles. The summed E-state index contributed by atoms with van der Waals surface area (Å²) in [6.07, 6.45) is 11.4. The highest BCUT2D eigenvalue weighted by Crippen LogP contribution is 2.22. The molecule has 3 rings (SSSR count). The first-order valence-electron chi connectivity index (χ1n) is 11.3. The van der Waals surface area contributed by atoms with Crippen LogP contribution in [0.2, 0.25) is 0 Å². The molecule has 5 heteroatoms. The maximum absolute atomic E-state index is 12.4.